The highest BCUT2D eigenvalue weighted by Gasteiger charge is 1.92. The fraction of sp³-hybridized carbons (Fsp3) is 0.286. The van der Waals surface area contributed by atoms with Gasteiger partial charge < -0.3 is 0 Å². The lowest BCUT2D eigenvalue weighted by Crippen LogP contribution is -1.85. The van der Waals surface area contributed by atoms with Crippen molar-refractivity contribution >= 4 is 27.5 Å². The Bertz CT molecular complexity index is 215. The van der Waals surface area contributed by atoms with Crippen LogP contribution >= 0.6 is 27.5 Å². The normalized spacial score (nSPS) is 9.80. The van der Waals surface area contributed by atoms with Crippen molar-refractivity contribution in [2.75, 3.05) is 5.33 Å². The lowest BCUT2D eigenvalue weighted by atomic mass is 10.2. The molecule has 1 heterocycles. The van der Waals surface area contributed by atoms with E-state index in [0.29, 0.717) is 5.02 Å². The molecule has 1 aromatic heterocycles. The lowest BCUT2D eigenvalue weighted by molar-refractivity contribution is 1.13. The molecule has 0 amide bonds. The molecule has 1 nitrogen and oxygen atoms in total. The van der Waals surface area contributed by atoms with Crippen molar-refractivity contribution in [2.45, 2.75) is 6.42 Å². The standard InChI is InChI=1S/C7H7BrClN/c8-2-1-6-3-7(9)5-10-4-6/h3-5H,1-2H2. The number of aryl methyl sites for hydroxylation is 1. The van der Waals surface area contributed by atoms with E-state index < -0.39 is 0 Å². The van der Waals surface area contributed by atoms with Crippen molar-refractivity contribution in [3.05, 3.63) is 29.0 Å². The van der Waals surface area contributed by atoms with Gasteiger partial charge in [0.15, 0.2) is 0 Å². The van der Waals surface area contributed by atoms with Gasteiger partial charge >= 0.3 is 0 Å². The van der Waals surface area contributed by atoms with Crippen LogP contribution in [-0.2, 0) is 6.42 Å². The van der Waals surface area contributed by atoms with Crippen LogP contribution in [0.5, 0.6) is 0 Å². The number of hydrogen-bond acceptors (Lipinski definition) is 1. The third kappa shape index (κ3) is 2.27. The first-order valence-corrected chi connectivity index (χ1v) is 4.48. The van der Waals surface area contributed by atoms with E-state index in [9.17, 15) is 0 Å². The van der Waals surface area contributed by atoms with Crippen LogP contribution in [-0.4, -0.2) is 10.3 Å². The first-order valence-electron chi connectivity index (χ1n) is 2.98. The fourth-order valence-corrected chi connectivity index (χ4v) is 1.36. The second-order valence-corrected chi connectivity index (χ2v) is 3.18. The summed E-state index contributed by atoms with van der Waals surface area (Å²) in [5.41, 5.74) is 1.17. The molecule has 0 bridgehead atoms. The SMILES string of the molecule is Clc1cncc(CCBr)c1. The molecule has 0 saturated carbocycles. The van der Waals surface area contributed by atoms with Gasteiger partial charge in [-0.2, -0.15) is 0 Å². The average molecular weight is 220 g/mol. The van der Waals surface area contributed by atoms with E-state index in [-0.39, 0.29) is 0 Å². The summed E-state index contributed by atoms with van der Waals surface area (Å²) in [6, 6.07) is 1.93. The van der Waals surface area contributed by atoms with E-state index in [1.54, 1.807) is 6.20 Å². The van der Waals surface area contributed by atoms with Crippen LogP contribution < -0.4 is 0 Å². The van der Waals surface area contributed by atoms with Crippen LogP contribution in [0, 0.1) is 0 Å². The van der Waals surface area contributed by atoms with Crippen molar-refractivity contribution < 1.29 is 0 Å². The number of rotatable bonds is 2. The van der Waals surface area contributed by atoms with Crippen LogP contribution in [0.4, 0.5) is 0 Å². The molecule has 0 atom stereocenters. The van der Waals surface area contributed by atoms with Crippen molar-refractivity contribution in [3.63, 3.8) is 0 Å². The topological polar surface area (TPSA) is 12.9 Å². The first kappa shape index (κ1) is 8.02. The zero-order chi connectivity index (χ0) is 7.40. The largest absolute Gasteiger partial charge is 0.263 e. The van der Waals surface area contributed by atoms with Gasteiger partial charge in [0.1, 0.15) is 0 Å². The highest BCUT2D eigenvalue weighted by atomic mass is 79.9. The molecule has 0 fully saturated rings. The molecule has 1 rings (SSSR count). The Hall–Kier alpha value is -0.0800. The molecular weight excluding hydrogens is 213 g/mol. The molecule has 3 heteroatoms. The van der Waals surface area contributed by atoms with E-state index in [1.807, 2.05) is 12.3 Å². The summed E-state index contributed by atoms with van der Waals surface area (Å²) in [6.45, 7) is 0. The van der Waals surface area contributed by atoms with Crippen LogP contribution in [0.2, 0.25) is 5.02 Å². The Balaban J connectivity index is 2.75. The highest BCUT2D eigenvalue weighted by Crippen LogP contribution is 2.09. The van der Waals surface area contributed by atoms with Gasteiger partial charge in [-0.15, -0.1) is 0 Å². The van der Waals surface area contributed by atoms with E-state index in [1.165, 1.54) is 5.56 Å². The van der Waals surface area contributed by atoms with Gasteiger partial charge in [-0.3, -0.25) is 4.98 Å². The molecule has 0 unspecified atom stereocenters. The molecule has 0 radical (unpaired) electrons. The van der Waals surface area contributed by atoms with Gasteiger partial charge in [-0.25, -0.2) is 0 Å². The molecule has 0 aliphatic rings. The van der Waals surface area contributed by atoms with Gasteiger partial charge in [0.05, 0.1) is 5.02 Å². The predicted octanol–water partition coefficient (Wildman–Crippen LogP) is 2.67. The molecule has 0 aliphatic carbocycles. The molecule has 1 aromatic rings. The minimum atomic E-state index is 0.707. The number of aromatic nitrogens is 1. The van der Waals surface area contributed by atoms with E-state index in [0.717, 1.165) is 11.8 Å². The Morgan fingerprint density at radius 3 is 2.90 bits per heavy atom. The number of hydrogen-bond donors (Lipinski definition) is 0. The average Bonchev–Trinajstić information content (AvgIpc) is 1.88. The molecule has 54 valence electrons. The number of nitrogens with zero attached hydrogens (tertiary/aromatic N) is 1. The molecule has 0 N–H and O–H groups in total. The lowest BCUT2D eigenvalue weighted by Gasteiger charge is -1.95. The van der Waals surface area contributed by atoms with E-state index in [4.69, 9.17) is 11.6 Å². The first-order chi connectivity index (χ1) is 4.83. The van der Waals surface area contributed by atoms with Crippen LogP contribution in [0.1, 0.15) is 5.56 Å². The summed E-state index contributed by atoms with van der Waals surface area (Å²) in [6.07, 6.45) is 4.44. The Labute approximate surface area is 73.6 Å². The Kier molecular flexibility index (Phi) is 3.16. The Morgan fingerprint density at radius 2 is 2.30 bits per heavy atom. The van der Waals surface area contributed by atoms with Crippen molar-refractivity contribution in [2.24, 2.45) is 0 Å². The molecule has 0 aliphatic heterocycles. The Morgan fingerprint density at radius 1 is 1.50 bits per heavy atom. The monoisotopic (exact) mass is 219 g/mol. The van der Waals surface area contributed by atoms with Gasteiger partial charge in [0.25, 0.3) is 0 Å². The summed E-state index contributed by atoms with van der Waals surface area (Å²) in [5, 5.41) is 1.66. The summed E-state index contributed by atoms with van der Waals surface area (Å²) < 4.78 is 0. The molecule has 10 heavy (non-hydrogen) atoms. The number of alkyl halides is 1. The maximum absolute atomic E-state index is 5.70. The second-order valence-electron chi connectivity index (χ2n) is 1.95. The third-order valence-electron chi connectivity index (χ3n) is 1.14. The van der Waals surface area contributed by atoms with Crippen LogP contribution in [0.3, 0.4) is 0 Å². The van der Waals surface area contributed by atoms with Crippen molar-refractivity contribution in [3.8, 4) is 0 Å². The highest BCUT2D eigenvalue weighted by molar-refractivity contribution is 9.09. The fourth-order valence-electron chi connectivity index (χ4n) is 0.702. The third-order valence-corrected chi connectivity index (χ3v) is 1.75. The predicted molar refractivity (Wildman–Crippen MR) is 46.7 cm³/mol. The zero-order valence-corrected chi connectivity index (χ0v) is 7.69. The quantitative estimate of drug-likeness (QED) is 0.699. The maximum Gasteiger partial charge on any atom is 0.0592 e. The molecule has 0 saturated heterocycles. The van der Waals surface area contributed by atoms with Crippen LogP contribution in [0.15, 0.2) is 18.5 Å². The van der Waals surface area contributed by atoms with Crippen molar-refractivity contribution in [1.82, 2.24) is 4.98 Å². The maximum atomic E-state index is 5.70. The minimum Gasteiger partial charge on any atom is -0.263 e. The van der Waals surface area contributed by atoms with Gasteiger partial charge in [-0.1, -0.05) is 27.5 Å². The molecule has 0 spiro atoms. The summed E-state index contributed by atoms with van der Waals surface area (Å²) >= 11 is 9.04. The number of pyridine rings is 1. The molecule has 0 aromatic carbocycles. The van der Waals surface area contributed by atoms with E-state index >= 15 is 0 Å². The zero-order valence-electron chi connectivity index (χ0n) is 5.35. The van der Waals surface area contributed by atoms with E-state index in [2.05, 4.69) is 20.9 Å². The summed E-state index contributed by atoms with van der Waals surface area (Å²) in [7, 11) is 0. The summed E-state index contributed by atoms with van der Waals surface area (Å²) in [4.78, 5) is 3.95. The smallest absolute Gasteiger partial charge is 0.0592 e. The molecular formula is C7H7BrClN. The van der Waals surface area contributed by atoms with Crippen molar-refractivity contribution in [1.29, 1.82) is 0 Å². The van der Waals surface area contributed by atoms with Crippen LogP contribution in [0.25, 0.3) is 0 Å². The van der Waals surface area contributed by atoms with Gasteiger partial charge in [0, 0.05) is 17.7 Å². The van der Waals surface area contributed by atoms with Gasteiger partial charge in [-0.05, 0) is 18.1 Å². The van der Waals surface area contributed by atoms with Gasteiger partial charge in [0.2, 0.25) is 0 Å². The summed E-state index contributed by atoms with van der Waals surface area (Å²) in [5.74, 6) is 0. The number of halogens is 2. The minimum absolute atomic E-state index is 0.707. The second kappa shape index (κ2) is 3.94.